The first-order valence-corrected chi connectivity index (χ1v) is 10.7. The van der Waals surface area contributed by atoms with E-state index in [0.29, 0.717) is 13.2 Å². The lowest BCUT2D eigenvalue weighted by molar-refractivity contribution is 0.287. The third-order valence-corrected chi connectivity index (χ3v) is 5.83. The molecular formula is C21H26N4O2S. The number of aryl methyl sites for hydroxylation is 1. The van der Waals surface area contributed by atoms with Gasteiger partial charge in [-0.25, -0.2) is 0 Å². The van der Waals surface area contributed by atoms with Gasteiger partial charge in [0.2, 0.25) is 0 Å². The Morgan fingerprint density at radius 2 is 2.07 bits per heavy atom. The van der Waals surface area contributed by atoms with Gasteiger partial charge in [0.25, 0.3) is 0 Å². The Bertz CT molecular complexity index is 892. The first-order chi connectivity index (χ1) is 13.8. The summed E-state index contributed by atoms with van der Waals surface area (Å²) in [6.07, 6.45) is 4.74. The summed E-state index contributed by atoms with van der Waals surface area (Å²) in [7, 11) is 1.68. The summed E-state index contributed by atoms with van der Waals surface area (Å²) in [6, 6.07) is 10.2. The molecule has 1 aromatic carbocycles. The largest absolute Gasteiger partial charge is 0.493 e. The molecule has 0 fully saturated rings. The van der Waals surface area contributed by atoms with Gasteiger partial charge in [0.15, 0.2) is 11.5 Å². The van der Waals surface area contributed by atoms with Crippen molar-refractivity contribution >= 4 is 11.3 Å². The van der Waals surface area contributed by atoms with Crippen molar-refractivity contribution in [3.05, 3.63) is 57.8 Å². The number of benzene rings is 1. The van der Waals surface area contributed by atoms with E-state index in [1.807, 2.05) is 18.2 Å². The third-order valence-electron chi connectivity index (χ3n) is 4.98. The Morgan fingerprint density at radius 1 is 1.11 bits per heavy atom. The van der Waals surface area contributed by atoms with Crippen LogP contribution in [0, 0.1) is 0 Å². The van der Waals surface area contributed by atoms with Gasteiger partial charge >= 0.3 is 0 Å². The molecule has 4 rings (SSSR count). The van der Waals surface area contributed by atoms with Crippen LogP contribution >= 0.6 is 11.3 Å². The lowest BCUT2D eigenvalue weighted by atomic mass is 10.2. The maximum absolute atomic E-state index is 5.91. The summed E-state index contributed by atoms with van der Waals surface area (Å²) < 4.78 is 13.7. The second kappa shape index (κ2) is 9.21. The van der Waals surface area contributed by atoms with E-state index >= 15 is 0 Å². The van der Waals surface area contributed by atoms with Gasteiger partial charge < -0.3 is 19.4 Å². The molecule has 0 atom stereocenters. The SMILES string of the molecule is COc1cc(CNCc2nnc3n2CCCCC3)ccc1OCc1cccs1. The van der Waals surface area contributed by atoms with Crippen LogP contribution in [0.3, 0.4) is 0 Å². The fourth-order valence-electron chi connectivity index (χ4n) is 3.48. The molecule has 0 bridgehead atoms. The van der Waals surface area contributed by atoms with Crippen LogP contribution in [0.2, 0.25) is 0 Å². The molecule has 2 aromatic heterocycles. The number of fused-ring (bicyclic) bond motifs is 1. The molecule has 3 aromatic rings. The first-order valence-electron chi connectivity index (χ1n) is 9.77. The summed E-state index contributed by atoms with van der Waals surface area (Å²) in [6.45, 7) is 3.04. The van der Waals surface area contributed by atoms with Crippen LogP contribution in [-0.2, 0) is 32.7 Å². The smallest absolute Gasteiger partial charge is 0.161 e. The van der Waals surface area contributed by atoms with Gasteiger partial charge in [-0.1, -0.05) is 18.6 Å². The minimum atomic E-state index is 0.559. The van der Waals surface area contributed by atoms with Crippen molar-refractivity contribution in [3.8, 4) is 11.5 Å². The van der Waals surface area contributed by atoms with Crippen molar-refractivity contribution in [2.24, 2.45) is 0 Å². The Balaban J connectivity index is 1.34. The molecule has 1 aliphatic rings. The monoisotopic (exact) mass is 398 g/mol. The summed E-state index contributed by atoms with van der Waals surface area (Å²) in [4.78, 5) is 1.19. The number of thiophene rings is 1. The molecular weight excluding hydrogens is 372 g/mol. The Kier molecular flexibility index (Phi) is 6.24. The molecule has 28 heavy (non-hydrogen) atoms. The molecule has 0 amide bonds. The third kappa shape index (κ3) is 4.54. The van der Waals surface area contributed by atoms with E-state index in [-0.39, 0.29) is 0 Å². The van der Waals surface area contributed by atoms with Gasteiger partial charge in [0, 0.05) is 24.4 Å². The van der Waals surface area contributed by atoms with Crippen molar-refractivity contribution < 1.29 is 9.47 Å². The van der Waals surface area contributed by atoms with E-state index < -0.39 is 0 Å². The number of hydrogen-bond acceptors (Lipinski definition) is 6. The minimum Gasteiger partial charge on any atom is -0.493 e. The predicted octanol–water partition coefficient (Wildman–Crippen LogP) is 3.94. The van der Waals surface area contributed by atoms with Crippen molar-refractivity contribution in [1.82, 2.24) is 20.1 Å². The van der Waals surface area contributed by atoms with Crippen molar-refractivity contribution in [2.45, 2.75) is 51.9 Å². The zero-order valence-electron chi connectivity index (χ0n) is 16.2. The van der Waals surface area contributed by atoms with E-state index in [1.54, 1.807) is 18.4 Å². The Labute approximate surface area is 169 Å². The average Bonchev–Trinajstić information content (AvgIpc) is 3.31. The topological polar surface area (TPSA) is 61.2 Å². The van der Waals surface area contributed by atoms with Gasteiger partial charge in [-0.15, -0.1) is 21.5 Å². The van der Waals surface area contributed by atoms with E-state index in [2.05, 4.69) is 37.6 Å². The standard InChI is InChI=1S/C21H26N4O2S/c1-26-19-12-16(8-9-18(19)27-15-17-6-5-11-28-17)13-22-14-21-24-23-20-7-3-2-4-10-25(20)21/h5-6,8-9,11-12,22H,2-4,7,10,13-15H2,1H3. The highest BCUT2D eigenvalue weighted by Crippen LogP contribution is 2.29. The number of rotatable bonds is 8. The maximum Gasteiger partial charge on any atom is 0.161 e. The van der Waals surface area contributed by atoms with Crippen LogP contribution in [0.15, 0.2) is 35.7 Å². The van der Waals surface area contributed by atoms with Crippen molar-refractivity contribution in [3.63, 3.8) is 0 Å². The molecule has 6 nitrogen and oxygen atoms in total. The second-order valence-electron chi connectivity index (χ2n) is 6.95. The van der Waals surface area contributed by atoms with Crippen LogP contribution < -0.4 is 14.8 Å². The second-order valence-corrected chi connectivity index (χ2v) is 7.98. The maximum atomic E-state index is 5.91. The van der Waals surface area contributed by atoms with E-state index in [4.69, 9.17) is 9.47 Å². The van der Waals surface area contributed by atoms with Gasteiger partial charge in [0.05, 0.1) is 13.7 Å². The molecule has 0 radical (unpaired) electrons. The van der Waals surface area contributed by atoms with Crippen LogP contribution in [0.25, 0.3) is 0 Å². The number of hydrogen-bond donors (Lipinski definition) is 1. The number of methoxy groups -OCH3 is 1. The lowest BCUT2D eigenvalue weighted by Gasteiger charge is -2.12. The number of nitrogens with one attached hydrogen (secondary N) is 1. The Morgan fingerprint density at radius 3 is 2.93 bits per heavy atom. The van der Waals surface area contributed by atoms with Crippen LogP contribution in [0.4, 0.5) is 0 Å². The average molecular weight is 399 g/mol. The first kappa shape index (κ1) is 19.0. The van der Waals surface area contributed by atoms with E-state index in [0.717, 1.165) is 48.2 Å². The quantitative estimate of drug-likeness (QED) is 0.623. The van der Waals surface area contributed by atoms with Gasteiger partial charge in [-0.2, -0.15) is 0 Å². The normalized spacial score (nSPS) is 13.8. The Hall–Kier alpha value is -2.38. The summed E-state index contributed by atoms with van der Waals surface area (Å²) in [5, 5.41) is 14.3. The lowest BCUT2D eigenvalue weighted by Crippen LogP contribution is -2.17. The molecule has 148 valence electrons. The zero-order valence-corrected chi connectivity index (χ0v) is 17.0. The molecule has 7 heteroatoms. The van der Waals surface area contributed by atoms with Crippen LogP contribution in [0.1, 0.15) is 41.4 Å². The van der Waals surface area contributed by atoms with Gasteiger partial charge in [-0.3, -0.25) is 0 Å². The highest BCUT2D eigenvalue weighted by Gasteiger charge is 2.14. The van der Waals surface area contributed by atoms with Gasteiger partial charge in [-0.05, 0) is 42.0 Å². The van der Waals surface area contributed by atoms with E-state index in [1.165, 1.54) is 24.1 Å². The van der Waals surface area contributed by atoms with E-state index in [9.17, 15) is 0 Å². The molecule has 0 aliphatic carbocycles. The van der Waals surface area contributed by atoms with Crippen LogP contribution in [0.5, 0.6) is 11.5 Å². The van der Waals surface area contributed by atoms with Crippen LogP contribution in [-0.4, -0.2) is 21.9 Å². The molecule has 1 aliphatic heterocycles. The number of aromatic nitrogens is 3. The highest BCUT2D eigenvalue weighted by molar-refractivity contribution is 7.09. The minimum absolute atomic E-state index is 0.559. The fourth-order valence-corrected chi connectivity index (χ4v) is 4.10. The summed E-state index contributed by atoms with van der Waals surface area (Å²) >= 11 is 1.69. The van der Waals surface area contributed by atoms with Gasteiger partial charge in [0.1, 0.15) is 18.3 Å². The molecule has 1 N–H and O–H groups in total. The molecule has 0 saturated heterocycles. The van der Waals surface area contributed by atoms with Crippen molar-refractivity contribution in [1.29, 1.82) is 0 Å². The number of ether oxygens (including phenoxy) is 2. The predicted molar refractivity (Wildman–Crippen MR) is 110 cm³/mol. The fraction of sp³-hybridized carbons (Fsp3) is 0.429. The number of nitrogens with zero attached hydrogens (tertiary/aromatic N) is 3. The molecule has 0 saturated carbocycles. The zero-order chi connectivity index (χ0) is 19.2. The molecule has 0 unspecified atom stereocenters. The summed E-state index contributed by atoms with van der Waals surface area (Å²) in [5.74, 6) is 3.68. The van der Waals surface area contributed by atoms with Crippen molar-refractivity contribution in [2.75, 3.05) is 7.11 Å². The molecule has 3 heterocycles. The molecule has 0 spiro atoms. The summed E-state index contributed by atoms with van der Waals surface area (Å²) in [5.41, 5.74) is 1.15. The highest BCUT2D eigenvalue weighted by atomic mass is 32.1.